The van der Waals surface area contributed by atoms with Crippen molar-refractivity contribution in [3.8, 4) is 22.8 Å². The Bertz CT molecular complexity index is 1230. The van der Waals surface area contributed by atoms with Gasteiger partial charge in [0.2, 0.25) is 17.5 Å². The van der Waals surface area contributed by atoms with E-state index in [4.69, 9.17) is 9.15 Å². The number of oxazole rings is 1. The highest BCUT2D eigenvalue weighted by atomic mass is 16.5. The lowest BCUT2D eigenvalue weighted by Gasteiger charge is -2.18. The van der Waals surface area contributed by atoms with E-state index in [0.29, 0.717) is 22.9 Å². The van der Waals surface area contributed by atoms with Crippen molar-refractivity contribution in [2.24, 2.45) is 11.8 Å². The molecule has 2 aromatic heterocycles. The molecule has 0 bridgehead atoms. The summed E-state index contributed by atoms with van der Waals surface area (Å²) in [5, 5.41) is 13.6. The van der Waals surface area contributed by atoms with Crippen LogP contribution in [-0.2, 0) is 9.53 Å². The number of carbonyl (C=O) groups excluding carboxylic acids is 3. The summed E-state index contributed by atoms with van der Waals surface area (Å²) in [5.74, 6) is -0.321. The molecule has 11 heteroatoms. The molecular formula is C24H28N6O5. The van der Waals surface area contributed by atoms with Crippen LogP contribution < -0.4 is 10.6 Å². The van der Waals surface area contributed by atoms with Crippen LogP contribution in [0.2, 0.25) is 0 Å². The van der Waals surface area contributed by atoms with Gasteiger partial charge in [-0.25, -0.2) is 9.78 Å². The zero-order valence-corrected chi connectivity index (χ0v) is 20.0. The van der Waals surface area contributed by atoms with Gasteiger partial charge < -0.3 is 24.8 Å². The highest BCUT2D eigenvalue weighted by molar-refractivity contribution is 5.94. The molecule has 3 N–H and O–H groups in total. The van der Waals surface area contributed by atoms with Crippen molar-refractivity contribution in [1.29, 1.82) is 0 Å². The predicted molar refractivity (Wildman–Crippen MR) is 125 cm³/mol. The lowest BCUT2D eigenvalue weighted by atomic mass is 10.0. The van der Waals surface area contributed by atoms with Gasteiger partial charge in [-0.1, -0.05) is 26.0 Å². The number of methoxy groups -OCH3 is 1. The van der Waals surface area contributed by atoms with Crippen LogP contribution in [0.15, 0.2) is 34.9 Å². The SMILES string of the molecule is COC(=O)C(NC(=O)c1cnc(-c2cccc(-c3nnc(C(=O)NC(C)C4CC4)[nH]3)c2)o1)C(C)C. The number of ether oxygens (including phenoxy) is 1. The molecule has 0 saturated heterocycles. The summed E-state index contributed by atoms with van der Waals surface area (Å²) in [5.41, 5.74) is 1.26. The molecule has 3 aromatic rings. The van der Waals surface area contributed by atoms with Gasteiger partial charge in [-0.2, -0.15) is 0 Å². The molecule has 1 saturated carbocycles. The third-order valence-corrected chi connectivity index (χ3v) is 5.91. The van der Waals surface area contributed by atoms with Crippen LogP contribution >= 0.6 is 0 Å². The second kappa shape index (κ2) is 10.1. The van der Waals surface area contributed by atoms with Gasteiger partial charge in [-0.15, -0.1) is 10.2 Å². The van der Waals surface area contributed by atoms with Crippen LogP contribution in [0.1, 0.15) is 54.8 Å². The molecule has 2 atom stereocenters. The molecule has 2 amide bonds. The second-order valence-electron chi connectivity index (χ2n) is 8.95. The summed E-state index contributed by atoms with van der Waals surface area (Å²) in [6.45, 7) is 5.58. The molecule has 0 aliphatic heterocycles. The number of carbonyl (C=O) groups is 3. The summed E-state index contributed by atoms with van der Waals surface area (Å²) in [6, 6.07) is 6.39. The van der Waals surface area contributed by atoms with Gasteiger partial charge in [-0.05, 0) is 43.7 Å². The minimum absolute atomic E-state index is 0.0386. The summed E-state index contributed by atoms with van der Waals surface area (Å²) >= 11 is 0. The summed E-state index contributed by atoms with van der Waals surface area (Å²) < 4.78 is 10.4. The van der Waals surface area contributed by atoms with Crippen molar-refractivity contribution < 1.29 is 23.5 Å². The number of hydrogen-bond donors (Lipinski definition) is 3. The van der Waals surface area contributed by atoms with E-state index in [1.807, 2.05) is 6.92 Å². The second-order valence-corrected chi connectivity index (χ2v) is 8.95. The van der Waals surface area contributed by atoms with Crippen LogP contribution in [0.5, 0.6) is 0 Å². The van der Waals surface area contributed by atoms with E-state index in [-0.39, 0.29) is 35.3 Å². The number of hydrogen-bond acceptors (Lipinski definition) is 8. The zero-order chi connectivity index (χ0) is 25.1. The maximum atomic E-state index is 12.6. The zero-order valence-electron chi connectivity index (χ0n) is 20.0. The third-order valence-electron chi connectivity index (χ3n) is 5.91. The number of rotatable bonds is 9. The number of H-pyrrole nitrogens is 1. The molecule has 35 heavy (non-hydrogen) atoms. The molecule has 1 fully saturated rings. The van der Waals surface area contributed by atoms with Crippen molar-refractivity contribution in [2.75, 3.05) is 7.11 Å². The van der Waals surface area contributed by atoms with Gasteiger partial charge in [-0.3, -0.25) is 9.59 Å². The number of esters is 1. The molecule has 2 unspecified atom stereocenters. The minimum atomic E-state index is -0.811. The molecule has 4 rings (SSSR count). The van der Waals surface area contributed by atoms with E-state index in [0.717, 1.165) is 12.8 Å². The van der Waals surface area contributed by atoms with E-state index >= 15 is 0 Å². The first-order valence-electron chi connectivity index (χ1n) is 11.5. The minimum Gasteiger partial charge on any atom is -0.467 e. The summed E-state index contributed by atoms with van der Waals surface area (Å²) in [6.07, 6.45) is 3.55. The highest BCUT2D eigenvalue weighted by Gasteiger charge is 2.30. The Hall–Kier alpha value is -4.02. The van der Waals surface area contributed by atoms with Gasteiger partial charge >= 0.3 is 5.97 Å². The first-order chi connectivity index (χ1) is 16.8. The van der Waals surface area contributed by atoms with Gasteiger partial charge in [0.25, 0.3) is 11.8 Å². The number of aromatic nitrogens is 4. The number of nitrogens with one attached hydrogen (secondary N) is 3. The molecule has 184 valence electrons. The molecule has 11 nitrogen and oxygen atoms in total. The van der Waals surface area contributed by atoms with E-state index in [2.05, 4.69) is 30.8 Å². The average Bonchev–Trinajstić information content (AvgIpc) is 3.37. The summed E-state index contributed by atoms with van der Waals surface area (Å²) in [7, 11) is 1.27. The largest absolute Gasteiger partial charge is 0.467 e. The normalized spacial score (nSPS) is 14.9. The van der Waals surface area contributed by atoms with Crippen LogP contribution in [0.4, 0.5) is 0 Å². The fourth-order valence-corrected chi connectivity index (χ4v) is 3.63. The molecule has 1 aliphatic carbocycles. The molecule has 1 aromatic carbocycles. The fourth-order valence-electron chi connectivity index (χ4n) is 3.63. The van der Waals surface area contributed by atoms with E-state index in [1.165, 1.54) is 13.3 Å². The van der Waals surface area contributed by atoms with Crippen LogP contribution in [0, 0.1) is 11.8 Å². The van der Waals surface area contributed by atoms with E-state index in [1.54, 1.807) is 38.1 Å². The quantitative estimate of drug-likeness (QED) is 0.395. The van der Waals surface area contributed by atoms with Gasteiger partial charge in [0.05, 0.1) is 13.3 Å². The van der Waals surface area contributed by atoms with Crippen LogP contribution in [0.25, 0.3) is 22.8 Å². The van der Waals surface area contributed by atoms with Crippen molar-refractivity contribution in [3.05, 3.63) is 42.0 Å². The van der Waals surface area contributed by atoms with Crippen LogP contribution in [0.3, 0.4) is 0 Å². The first kappa shape index (κ1) is 24.1. The summed E-state index contributed by atoms with van der Waals surface area (Å²) in [4.78, 5) is 44.1. The topological polar surface area (TPSA) is 152 Å². The fraction of sp³-hybridized carbons (Fsp3) is 0.417. The Labute approximate surface area is 202 Å². The molecule has 0 spiro atoms. The standard InChI is InChI=1S/C24H28N6O5/c1-12(2)18(24(33)34-4)27-21(31)17-11-25-23(35-17)16-7-5-6-15(10-16)19-28-20(30-29-19)22(32)26-13(3)14-8-9-14/h5-7,10-14,18H,8-9H2,1-4H3,(H,26,32)(H,27,31)(H,28,29,30). The number of benzene rings is 1. The van der Waals surface area contributed by atoms with Gasteiger partial charge in [0, 0.05) is 17.2 Å². The Morgan fingerprint density at radius 3 is 2.51 bits per heavy atom. The first-order valence-corrected chi connectivity index (χ1v) is 11.5. The monoisotopic (exact) mass is 480 g/mol. The lowest BCUT2D eigenvalue weighted by Crippen LogP contribution is -2.44. The molecule has 0 radical (unpaired) electrons. The van der Waals surface area contributed by atoms with Gasteiger partial charge in [0.15, 0.2) is 5.82 Å². The molecular weight excluding hydrogens is 452 g/mol. The predicted octanol–water partition coefficient (Wildman–Crippen LogP) is 2.58. The Morgan fingerprint density at radius 2 is 1.83 bits per heavy atom. The Morgan fingerprint density at radius 1 is 1.09 bits per heavy atom. The number of aromatic amines is 1. The van der Waals surface area contributed by atoms with Crippen molar-refractivity contribution in [3.63, 3.8) is 0 Å². The number of amides is 2. The Kier molecular flexibility index (Phi) is 6.94. The molecule has 1 aliphatic rings. The third kappa shape index (κ3) is 5.56. The maximum absolute atomic E-state index is 12.6. The van der Waals surface area contributed by atoms with E-state index < -0.39 is 17.9 Å². The molecule has 2 heterocycles. The smallest absolute Gasteiger partial charge is 0.328 e. The Balaban J connectivity index is 1.47. The van der Waals surface area contributed by atoms with Crippen molar-refractivity contribution >= 4 is 17.8 Å². The van der Waals surface area contributed by atoms with Crippen molar-refractivity contribution in [1.82, 2.24) is 30.8 Å². The number of nitrogens with zero attached hydrogens (tertiary/aromatic N) is 3. The van der Waals surface area contributed by atoms with E-state index in [9.17, 15) is 14.4 Å². The highest BCUT2D eigenvalue weighted by Crippen LogP contribution is 2.32. The van der Waals surface area contributed by atoms with Gasteiger partial charge in [0.1, 0.15) is 6.04 Å². The van der Waals surface area contributed by atoms with Crippen LogP contribution in [-0.4, -0.2) is 57.1 Å². The maximum Gasteiger partial charge on any atom is 0.328 e. The lowest BCUT2D eigenvalue weighted by molar-refractivity contribution is -0.144. The average molecular weight is 481 g/mol. The van der Waals surface area contributed by atoms with Crippen molar-refractivity contribution in [2.45, 2.75) is 45.7 Å².